The Kier molecular flexibility index (Phi) is 5.67. The van der Waals surface area contributed by atoms with Crippen molar-refractivity contribution in [3.63, 3.8) is 0 Å². The highest BCUT2D eigenvalue weighted by atomic mass is 19.1. The Labute approximate surface area is 133 Å². The van der Waals surface area contributed by atoms with Crippen molar-refractivity contribution in [2.24, 2.45) is 0 Å². The number of nitrogens with one attached hydrogen (secondary N) is 1. The van der Waals surface area contributed by atoms with Crippen LogP contribution in [0.25, 0.3) is 0 Å². The number of piperidine rings is 1. The first-order valence-corrected chi connectivity index (χ1v) is 7.52. The second-order valence-corrected chi connectivity index (χ2v) is 5.51. The number of carboxylic acid groups (broad SMARTS) is 1. The first-order chi connectivity index (χ1) is 11.0. The summed E-state index contributed by atoms with van der Waals surface area (Å²) < 4.78 is 13.6. The summed E-state index contributed by atoms with van der Waals surface area (Å²) >= 11 is 0. The van der Waals surface area contributed by atoms with E-state index in [0.29, 0.717) is 25.9 Å². The molecule has 0 aliphatic carbocycles. The molecule has 1 aliphatic rings. The molecule has 0 saturated carbocycles. The quantitative estimate of drug-likeness (QED) is 0.858. The van der Waals surface area contributed by atoms with Gasteiger partial charge in [0.1, 0.15) is 5.82 Å². The highest BCUT2D eigenvalue weighted by molar-refractivity contribution is 5.94. The zero-order chi connectivity index (χ0) is 16.8. The van der Waals surface area contributed by atoms with E-state index in [-0.39, 0.29) is 36.3 Å². The molecule has 1 aromatic rings. The molecule has 1 heterocycles. The van der Waals surface area contributed by atoms with Gasteiger partial charge < -0.3 is 15.3 Å². The van der Waals surface area contributed by atoms with E-state index in [1.807, 2.05) is 0 Å². The molecule has 23 heavy (non-hydrogen) atoms. The molecule has 1 saturated heterocycles. The Balaban J connectivity index is 1.82. The zero-order valence-corrected chi connectivity index (χ0v) is 12.6. The number of hydrogen-bond acceptors (Lipinski definition) is 3. The van der Waals surface area contributed by atoms with Crippen LogP contribution < -0.4 is 5.32 Å². The van der Waals surface area contributed by atoms with E-state index in [1.165, 1.54) is 18.2 Å². The smallest absolute Gasteiger partial charge is 0.303 e. The van der Waals surface area contributed by atoms with Gasteiger partial charge in [-0.3, -0.25) is 14.4 Å². The van der Waals surface area contributed by atoms with Crippen molar-refractivity contribution in [1.29, 1.82) is 0 Å². The van der Waals surface area contributed by atoms with Crippen LogP contribution in [0.5, 0.6) is 0 Å². The molecule has 2 N–H and O–H groups in total. The predicted molar refractivity (Wildman–Crippen MR) is 80.3 cm³/mol. The average molecular weight is 322 g/mol. The van der Waals surface area contributed by atoms with Crippen LogP contribution in [0.2, 0.25) is 0 Å². The molecule has 7 heteroatoms. The van der Waals surface area contributed by atoms with Crippen molar-refractivity contribution in [2.45, 2.75) is 31.7 Å². The van der Waals surface area contributed by atoms with Crippen molar-refractivity contribution >= 4 is 17.8 Å². The molecular weight excluding hydrogens is 303 g/mol. The third-order valence-electron chi connectivity index (χ3n) is 3.82. The number of carbonyl (C=O) groups is 3. The van der Waals surface area contributed by atoms with E-state index in [2.05, 4.69) is 5.32 Å². The van der Waals surface area contributed by atoms with Gasteiger partial charge in [0.25, 0.3) is 5.91 Å². The molecule has 0 atom stereocenters. The first-order valence-electron chi connectivity index (χ1n) is 7.52. The van der Waals surface area contributed by atoms with E-state index in [1.54, 1.807) is 11.0 Å². The van der Waals surface area contributed by atoms with Gasteiger partial charge in [0.15, 0.2) is 0 Å². The summed E-state index contributed by atoms with van der Waals surface area (Å²) in [6.07, 6.45) is 0.887. The van der Waals surface area contributed by atoms with Crippen molar-refractivity contribution < 1.29 is 23.9 Å². The topological polar surface area (TPSA) is 86.7 Å². The summed E-state index contributed by atoms with van der Waals surface area (Å²) in [6.45, 7) is 0.855. The number of carbonyl (C=O) groups excluding carboxylic acids is 2. The molecule has 0 spiro atoms. The number of aliphatic carboxylic acids is 1. The molecule has 1 aromatic carbocycles. The Morgan fingerprint density at radius 3 is 2.43 bits per heavy atom. The minimum atomic E-state index is -1.01. The largest absolute Gasteiger partial charge is 0.481 e. The van der Waals surface area contributed by atoms with E-state index >= 15 is 0 Å². The van der Waals surface area contributed by atoms with Gasteiger partial charge in [-0.2, -0.15) is 0 Å². The maximum Gasteiger partial charge on any atom is 0.303 e. The summed E-state index contributed by atoms with van der Waals surface area (Å²) in [7, 11) is 0. The first kappa shape index (κ1) is 16.9. The second kappa shape index (κ2) is 7.71. The van der Waals surface area contributed by atoms with Gasteiger partial charge >= 0.3 is 5.97 Å². The molecule has 0 unspecified atom stereocenters. The van der Waals surface area contributed by atoms with Crippen molar-refractivity contribution in [3.05, 3.63) is 35.6 Å². The lowest BCUT2D eigenvalue weighted by Crippen LogP contribution is -2.46. The molecule has 6 nitrogen and oxygen atoms in total. The highest BCUT2D eigenvalue weighted by Gasteiger charge is 2.25. The lowest BCUT2D eigenvalue weighted by Gasteiger charge is -2.32. The number of hydrogen-bond donors (Lipinski definition) is 2. The lowest BCUT2D eigenvalue weighted by atomic mass is 10.0. The van der Waals surface area contributed by atoms with E-state index < -0.39 is 11.8 Å². The highest BCUT2D eigenvalue weighted by Crippen LogP contribution is 2.16. The summed E-state index contributed by atoms with van der Waals surface area (Å²) in [6, 6.07) is 5.78. The summed E-state index contributed by atoms with van der Waals surface area (Å²) in [5, 5.41) is 11.3. The van der Waals surface area contributed by atoms with Crippen LogP contribution in [-0.2, 0) is 9.59 Å². The third-order valence-corrected chi connectivity index (χ3v) is 3.82. The molecular formula is C16H19FN2O4. The van der Waals surface area contributed by atoms with Crippen LogP contribution in [0, 0.1) is 5.82 Å². The summed E-state index contributed by atoms with van der Waals surface area (Å²) in [5.41, 5.74) is 0.0523. The molecule has 124 valence electrons. The minimum Gasteiger partial charge on any atom is -0.481 e. The molecule has 0 radical (unpaired) electrons. The standard InChI is InChI=1S/C16H19FN2O4/c17-13-4-2-1-3-12(13)16(23)19-9-7-11(8-10-19)18-14(20)5-6-15(21)22/h1-4,11H,5-10H2,(H,18,20)(H,21,22). The van der Waals surface area contributed by atoms with Crippen LogP contribution in [-0.4, -0.2) is 46.9 Å². The predicted octanol–water partition coefficient (Wildman–Crippen LogP) is 1.41. The average Bonchev–Trinajstić information content (AvgIpc) is 2.53. The lowest BCUT2D eigenvalue weighted by molar-refractivity contribution is -0.139. The molecule has 0 aromatic heterocycles. The Morgan fingerprint density at radius 1 is 1.17 bits per heavy atom. The van der Waals surface area contributed by atoms with Crippen molar-refractivity contribution in [1.82, 2.24) is 10.2 Å². The van der Waals surface area contributed by atoms with E-state index in [9.17, 15) is 18.8 Å². The molecule has 2 rings (SSSR count). The summed E-state index contributed by atoms with van der Waals surface area (Å²) in [4.78, 5) is 35.8. The van der Waals surface area contributed by atoms with E-state index in [0.717, 1.165) is 0 Å². The minimum absolute atomic E-state index is 0.0519. The molecule has 2 amide bonds. The van der Waals surface area contributed by atoms with Crippen LogP contribution in [0.1, 0.15) is 36.0 Å². The number of halogens is 1. The number of rotatable bonds is 5. The SMILES string of the molecule is O=C(O)CCC(=O)NC1CCN(C(=O)c2ccccc2F)CC1. The number of nitrogens with zero attached hydrogens (tertiary/aromatic N) is 1. The second-order valence-electron chi connectivity index (χ2n) is 5.51. The fourth-order valence-electron chi connectivity index (χ4n) is 2.55. The Hall–Kier alpha value is -2.44. The maximum atomic E-state index is 13.6. The monoisotopic (exact) mass is 322 g/mol. The number of amides is 2. The van der Waals surface area contributed by atoms with Gasteiger partial charge in [0, 0.05) is 25.6 Å². The third kappa shape index (κ3) is 4.77. The maximum absolute atomic E-state index is 13.6. The fraction of sp³-hybridized carbons (Fsp3) is 0.438. The molecule has 0 bridgehead atoms. The van der Waals surface area contributed by atoms with Gasteiger partial charge in [-0.1, -0.05) is 12.1 Å². The Morgan fingerprint density at radius 2 is 1.83 bits per heavy atom. The number of likely N-dealkylation sites (tertiary alicyclic amines) is 1. The van der Waals surface area contributed by atoms with Crippen LogP contribution >= 0.6 is 0 Å². The fourth-order valence-corrected chi connectivity index (χ4v) is 2.55. The van der Waals surface area contributed by atoms with Gasteiger partial charge in [-0.25, -0.2) is 4.39 Å². The van der Waals surface area contributed by atoms with Crippen molar-refractivity contribution in [3.8, 4) is 0 Å². The molecule has 1 fully saturated rings. The molecule has 1 aliphatic heterocycles. The summed E-state index contributed by atoms with van der Waals surface area (Å²) in [5.74, 6) is -2.20. The van der Waals surface area contributed by atoms with E-state index in [4.69, 9.17) is 5.11 Å². The van der Waals surface area contributed by atoms with Crippen LogP contribution in [0.3, 0.4) is 0 Å². The van der Waals surface area contributed by atoms with Crippen molar-refractivity contribution in [2.75, 3.05) is 13.1 Å². The normalized spacial score (nSPS) is 15.3. The zero-order valence-electron chi connectivity index (χ0n) is 12.6. The number of carboxylic acids is 1. The number of benzene rings is 1. The van der Waals surface area contributed by atoms with Gasteiger partial charge in [-0.05, 0) is 25.0 Å². The van der Waals surface area contributed by atoms with Gasteiger partial charge in [0.2, 0.25) is 5.91 Å². The van der Waals surface area contributed by atoms with Gasteiger partial charge in [-0.15, -0.1) is 0 Å². The Bertz CT molecular complexity index is 597. The van der Waals surface area contributed by atoms with Crippen LogP contribution in [0.15, 0.2) is 24.3 Å². The van der Waals surface area contributed by atoms with Crippen LogP contribution in [0.4, 0.5) is 4.39 Å². The van der Waals surface area contributed by atoms with Gasteiger partial charge in [0.05, 0.1) is 12.0 Å².